The maximum atomic E-state index is 12.6. The summed E-state index contributed by atoms with van der Waals surface area (Å²) in [5, 5.41) is 34.7. The van der Waals surface area contributed by atoms with Gasteiger partial charge in [-0.2, -0.15) is 0 Å². The molecule has 0 spiro atoms. The molecule has 4 aromatic rings. The third kappa shape index (κ3) is 4.98. The number of phenols is 2. The van der Waals surface area contributed by atoms with Crippen LogP contribution in [-0.4, -0.2) is 58.3 Å². The Balaban J connectivity index is 1.95. The molecule has 3 aromatic carbocycles. The lowest BCUT2D eigenvalue weighted by Gasteiger charge is -2.16. The number of H-pyrrole nitrogens is 1. The smallest absolute Gasteiger partial charge is 0.321 e. The average molecular weight is 538 g/mol. The largest absolute Gasteiger partial charge is 0.507 e. The summed E-state index contributed by atoms with van der Waals surface area (Å²) < 4.78 is 23.9. The predicted octanol–water partition coefficient (Wildman–Crippen LogP) is 1.32. The topological polar surface area (TPSA) is 243 Å². The van der Waals surface area contributed by atoms with Crippen LogP contribution in [-0.2, 0) is 21.2 Å². The van der Waals surface area contributed by atoms with E-state index in [1.807, 2.05) is 0 Å². The number of nitrogens with one attached hydrogen (secondary N) is 2. The number of nitrogen functional groups attached to an aromatic ring is 1. The highest BCUT2D eigenvalue weighted by Crippen LogP contribution is 2.42. The number of hydrogen-bond acceptors (Lipinski definition) is 8. The number of primary amides is 1. The van der Waals surface area contributed by atoms with E-state index in [9.17, 15) is 28.2 Å². The fourth-order valence-corrected chi connectivity index (χ4v) is 4.35. The lowest BCUT2D eigenvalue weighted by Crippen LogP contribution is -2.38. The first kappa shape index (κ1) is 26.1. The van der Waals surface area contributed by atoms with Crippen LogP contribution in [0.4, 0.5) is 4.79 Å². The SMILES string of the molecule is CN(C(N)=O)C(=O)Cc1cc(-c2nc3ccc(C(=N)N)cc3[nH]2)c(O)c(-c2cc(S(N)(=O)=O)ccc2O)c1. The fourth-order valence-electron chi connectivity index (χ4n) is 3.81. The molecule has 10 N–H and O–H groups in total. The molecule has 1 heterocycles. The van der Waals surface area contributed by atoms with Gasteiger partial charge in [-0.3, -0.25) is 15.1 Å². The van der Waals surface area contributed by atoms with Crippen LogP contribution < -0.4 is 16.6 Å². The molecule has 0 aliphatic carbocycles. The van der Waals surface area contributed by atoms with Crippen molar-refractivity contribution in [3.63, 3.8) is 0 Å². The number of aromatic hydroxyl groups is 2. The van der Waals surface area contributed by atoms with E-state index in [1.165, 1.54) is 19.2 Å². The molecule has 0 aliphatic heterocycles. The van der Waals surface area contributed by atoms with Crippen LogP contribution >= 0.6 is 0 Å². The summed E-state index contributed by atoms with van der Waals surface area (Å²) in [4.78, 5) is 31.9. The van der Waals surface area contributed by atoms with Crippen LogP contribution in [0.5, 0.6) is 11.5 Å². The van der Waals surface area contributed by atoms with E-state index in [0.29, 0.717) is 16.6 Å². The van der Waals surface area contributed by atoms with Gasteiger partial charge < -0.3 is 26.7 Å². The Morgan fingerprint density at radius 2 is 1.71 bits per heavy atom. The molecule has 0 unspecified atom stereocenters. The molecule has 38 heavy (non-hydrogen) atoms. The quantitative estimate of drug-likeness (QED) is 0.139. The van der Waals surface area contributed by atoms with Gasteiger partial charge in [0.1, 0.15) is 23.2 Å². The molecule has 0 aliphatic rings. The molecule has 196 valence electrons. The number of primary sulfonamides is 1. The number of imide groups is 1. The van der Waals surface area contributed by atoms with Crippen molar-refractivity contribution in [1.29, 1.82) is 5.41 Å². The van der Waals surface area contributed by atoms with Crippen LogP contribution in [0.1, 0.15) is 11.1 Å². The monoisotopic (exact) mass is 537 g/mol. The lowest BCUT2D eigenvalue weighted by molar-refractivity contribution is -0.126. The van der Waals surface area contributed by atoms with Gasteiger partial charge >= 0.3 is 6.03 Å². The number of nitrogens with zero attached hydrogens (tertiary/aromatic N) is 2. The number of nitrogens with two attached hydrogens (primary N) is 3. The van der Waals surface area contributed by atoms with Crippen LogP contribution in [0, 0.1) is 5.41 Å². The Kier molecular flexibility index (Phi) is 6.53. The van der Waals surface area contributed by atoms with E-state index < -0.39 is 27.7 Å². The molecule has 0 radical (unpaired) electrons. The lowest BCUT2D eigenvalue weighted by atomic mass is 9.95. The zero-order chi connectivity index (χ0) is 27.9. The Morgan fingerprint density at radius 1 is 1.03 bits per heavy atom. The highest BCUT2D eigenvalue weighted by Gasteiger charge is 2.22. The number of hydrogen-bond donors (Lipinski definition) is 7. The van der Waals surface area contributed by atoms with Gasteiger partial charge in [-0.1, -0.05) is 0 Å². The summed E-state index contributed by atoms with van der Waals surface area (Å²) in [6.45, 7) is 0. The van der Waals surface area contributed by atoms with Crippen molar-refractivity contribution in [2.75, 3.05) is 7.05 Å². The molecule has 1 aromatic heterocycles. The summed E-state index contributed by atoms with van der Waals surface area (Å²) in [5.41, 5.74) is 12.5. The van der Waals surface area contributed by atoms with Crippen molar-refractivity contribution in [2.24, 2.45) is 16.6 Å². The number of rotatable bonds is 6. The molecule has 4 rings (SSSR count). The van der Waals surface area contributed by atoms with Crippen molar-refractivity contribution < 1.29 is 28.2 Å². The number of carbonyl (C=O) groups is 2. The summed E-state index contributed by atoms with van der Waals surface area (Å²) in [6.07, 6.45) is -0.329. The van der Waals surface area contributed by atoms with Crippen LogP contribution in [0.15, 0.2) is 53.4 Å². The number of urea groups is 1. The molecule has 0 fully saturated rings. The average Bonchev–Trinajstić information content (AvgIpc) is 3.27. The molecule has 0 atom stereocenters. The predicted molar refractivity (Wildman–Crippen MR) is 139 cm³/mol. The molecule has 3 amide bonds. The Bertz CT molecular complexity index is 1750. The third-order valence-electron chi connectivity index (χ3n) is 5.86. The second-order valence-electron chi connectivity index (χ2n) is 8.46. The number of imidazole rings is 1. The molecular formula is C24H23N7O6S. The number of sulfonamides is 1. The summed E-state index contributed by atoms with van der Waals surface area (Å²) in [6, 6.07) is 9.98. The van der Waals surface area contributed by atoms with Crippen molar-refractivity contribution in [2.45, 2.75) is 11.3 Å². The van der Waals surface area contributed by atoms with Crippen molar-refractivity contribution in [1.82, 2.24) is 14.9 Å². The summed E-state index contributed by atoms with van der Waals surface area (Å²) >= 11 is 0. The number of amides is 3. The minimum Gasteiger partial charge on any atom is -0.507 e. The highest BCUT2D eigenvalue weighted by molar-refractivity contribution is 7.89. The van der Waals surface area contributed by atoms with Gasteiger partial charge in [0.2, 0.25) is 15.9 Å². The zero-order valence-electron chi connectivity index (χ0n) is 19.9. The molecule has 0 saturated carbocycles. The summed E-state index contributed by atoms with van der Waals surface area (Å²) in [5.74, 6) is -1.40. The maximum Gasteiger partial charge on any atom is 0.321 e. The second kappa shape index (κ2) is 9.49. The van der Waals surface area contributed by atoms with E-state index in [0.717, 1.165) is 23.1 Å². The van der Waals surface area contributed by atoms with E-state index in [2.05, 4.69) is 9.97 Å². The van der Waals surface area contributed by atoms with Crippen molar-refractivity contribution in [3.05, 3.63) is 59.7 Å². The van der Waals surface area contributed by atoms with E-state index >= 15 is 0 Å². The van der Waals surface area contributed by atoms with Crippen molar-refractivity contribution >= 4 is 38.8 Å². The Hall–Kier alpha value is -4.95. The van der Waals surface area contributed by atoms with Crippen LogP contribution in [0.3, 0.4) is 0 Å². The van der Waals surface area contributed by atoms with E-state index in [1.54, 1.807) is 18.2 Å². The van der Waals surface area contributed by atoms with E-state index in [4.69, 9.17) is 22.0 Å². The van der Waals surface area contributed by atoms with Gasteiger partial charge in [0.05, 0.1) is 27.9 Å². The number of aromatic nitrogens is 2. The first-order chi connectivity index (χ1) is 17.8. The van der Waals surface area contributed by atoms with Gasteiger partial charge in [0.25, 0.3) is 0 Å². The Labute approximate surface area is 216 Å². The molecule has 0 saturated heterocycles. The first-order valence-corrected chi connectivity index (χ1v) is 12.4. The minimum atomic E-state index is -4.15. The van der Waals surface area contributed by atoms with Gasteiger partial charge in [0, 0.05) is 23.7 Å². The van der Waals surface area contributed by atoms with Gasteiger partial charge in [-0.15, -0.1) is 0 Å². The number of fused-ring (bicyclic) bond motifs is 1. The minimum absolute atomic E-state index is 0.0279. The number of amidine groups is 1. The number of benzene rings is 3. The van der Waals surface area contributed by atoms with Gasteiger partial charge in [-0.25, -0.2) is 23.3 Å². The normalized spacial score (nSPS) is 11.4. The first-order valence-electron chi connectivity index (χ1n) is 10.9. The molecular weight excluding hydrogens is 514 g/mol. The number of phenolic OH excluding ortho intramolecular Hbond substituents is 2. The van der Waals surface area contributed by atoms with Crippen LogP contribution in [0.25, 0.3) is 33.5 Å². The zero-order valence-corrected chi connectivity index (χ0v) is 20.7. The van der Waals surface area contributed by atoms with Gasteiger partial charge in [0.15, 0.2) is 0 Å². The number of carbonyl (C=O) groups excluding carboxylic acids is 2. The van der Waals surface area contributed by atoms with Crippen LogP contribution in [0.2, 0.25) is 0 Å². The molecule has 0 bridgehead atoms. The standard InChI is InChI=1S/C24H23N7O6S/c1-31(24(27)35)20(33)8-11-6-15(14-10-13(38(28,36)37)3-5-19(14)32)21(34)16(7-11)23-29-17-4-2-12(22(25)26)9-18(17)30-23/h2-7,9-10,32,34H,8H2,1H3,(H3,25,26)(H2,27,35)(H,29,30)(H2,28,36,37). The second-order valence-corrected chi connectivity index (χ2v) is 10.0. The number of aromatic amines is 1. The third-order valence-corrected chi connectivity index (χ3v) is 6.78. The van der Waals surface area contributed by atoms with Crippen molar-refractivity contribution in [3.8, 4) is 34.0 Å². The van der Waals surface area contributed by atoms with E-state index in [-0.39, 0.29) is 51.0 Å². The Morgan fingerprint density at radius 3 is 2.34 bits per heavy atom. The fraction of sp³-hybridized carbons (Fsp3) is 0.0833. The highest BCUT2D eigenvalue weighted by atomic mass is 32.2. The summed E-state index contributed by atoms with van der Waals surface area (Å²) in [7, 11) is -2.95. The van der Waals surface area contributed by atoms with Gasteiger partial charge in [-0.05, 0) is 54.1 Å². The molecule has 13 nitrogen and oxygen atoms in total. The molecule has 14 heteroatoms. The maximum absolute atomic E-state index is 12.6. The number of likely N-dealkylation sites (N-methyl/N-ethyl adjacent to an activating group) is 1.